The highest BCUT2D eigenvalue weighted by Gasteiger charge is 2.42. The van der Waals surface area contributed by atoms with Crippen LogP contribution in [-0.2, 0) is 20.7 Å². The number of hydrogen-bond acceptors (Lipinski definition) is 5. The Morgan fingerprint density at radius 1 is 0.868 bits per heavy atom. The van der Waals surface area contributed by atoms with Crippen LogP contribution < -0.4 is 9.64 Å². The Hall–Kier alpha value is -3.80. The quantitative estimate of drug-likeness (QED) is 0.425. The van der Waals surface area contributed by atoms with Crippen LogP contribution in [0.1, 0.15) is 48.3 Å². The second-order valence-electron chi connectivity index (χ2n) is 10.1. The molecule has 0 unspecified atom stereocenters. The fourth-order valence-corrected chi connectivity index (χ4v) is 6.05. The third-order valence-corrected chi connectivity index (χ3v) is 7.98. The van der Waals surface area contributed by atoms with Crippen LogP contribution in [0.3, 0.4) is 0 Å². The lowest BCUT2D eigenvalue weighted by molar-refractivity contribution is -0.155. The molecule has 1 saturated heterocycles. The van der Waals surface area contributed by atoms with Crippen LogP contribution in [-0.4, -0.2) is 56.2 Å². The van der Waals surface area contributed by atoms with E-state index in [0.717, 1.165) is 49.1 Å². The predicted molar refractivity (Wildman–Crippen MR) is 149 cm³/mol. The summed E-state index contributed by atoms with van der Waals surface area (Å²) in [5.41, 5.74) is 4.33. The molecule has 5 rings (SSSR count). The number of rotatable bonds is 6. The fourth-order valence-electron chi connectivity index (χ4n) is 6.05. The van der Waals surface area contributed by atoms with E-state index >= 15 is 0 Å². The molecule has 198 valence electrons. The maximum atomic E-state index is 14.2. The molecule has 1 fully saturated rings. The predicted octanol–water partition coefficient (Wildman–Crippen LogP) is 5.20. The van der Waals surface area contributed by atoms with Crippen LogP contribution in [0.4, 0.5) is 5.69 Å². The number of amides is 1. The molecule has 0 spiro atoms. The average molecular weight is 513 g/mol. The summed E-state index contributed by atoms with van der Waals surface area (Å²) in [6.45, 7) is 1.43. The monoisotopic (exact) mass is 512 g/mol. The molecule has 6 nitrogen and oxygen atoms in total. The van der Waals surface area contributed by atoms with Crippen molar-refractivity contribution < 1.29 is 19.1 Å². The number of benzene rings is 3. The van der Waals surface area contributed by atoms with Gasteiger partial charge in [0.2, 0.25) is 5.91 Å². The molecule has 3 aromatic carbocycles. The van der Waals surface area contributed by atoms with E-state index in [4.69, 9.17) is 9.47 Å². The number of nitrogens with zero attached hydrogens (tertiary/aromatic N) is 2. The molecule has 0 aliphatic carbocycles. The Kier molecular flexibility index (Phi) is 7.97. The van der Waals surface area contributed by atoms with Gasteiger partial charge >= 0.3 is 5.97 Å². The molecule has 2 atom stereocenters. The van der Waals surface area contributed by atoms with Gasteiger partial charge in [0.15, 0.2) is 0 Å². The summed E-state index contributed by atoms with van der Waals surface area (Å²) < 4.78 is 10.7. The first-order chi connectivity index (χ1) is 18.6. The van der Waals surface area contributed by atoms with Gasteiger partial charge in [-0.05, 0) is 67.0 Å². The van der Waals surface area contributed by atoms with Gasteiger partial charge < -0.3 is 19.3 Å². The van der Waals surface area contributed by atoms with E-state index < -0.39 is 12.0 Å². The van der Waals surface area contributed by atoms with Crippen molar-refractivity contribution in [2.75, 3.05) is 32.2 Å². The lowest BCUT2D eigenvalue weighted by atomic mass is 9.87. The third kappa shape index (κ3) is 5.26. The molecule has 2 aliphatic rings. The lowest BCUT2D eigenvalue weighted by Gasteiger charge is -2.44. The normalized spacial score (nSPS) is 19.4. The molecular weight excluding hydrogens is 476 g/mol. The van der Waals surface area contributed by atoms with Crippen LogP contribution in [0.2, 0.25) is 0 Å². The number of piperidine rings is 1. The summed E-state index contributed by atoms with van der Waals surface area (Å²) in [4.78, 5) is 31.6. The van der Waals surface area contributed by atoms with E-state index in [0.29, 0.717) is 13.0 Å². The van der Waals surface area contributed by atoms with E-state index in [1.807, 2.05) is 66.7 Å². The Morgan fingerprint density at radius 3 is 2.18 bits per heavy atom. The second kappa shape index (κ2) is 11.7. The maximum Gasteiger partial charge on any atom is 0.328 e. The molecule has 2 heterocycles. The zero-order valence-electron chi connectivity index (χ0n) is 22.2. The van der Waals surface area contributed by atoms with E-state index in [1.54, 1.807) is 12.0 Å². The van der Waals surface area contributed by atoms with Crippen LogP contribution >= 0.6 is 0 Å². The third-order valence-electron chi connectivity index (χ3n) is 7.98. The molecule has 0 N–H and O–H groups in total. The van der Waals surface area contributed by atoms with Crippen molar-refractivity contribution in [1.29, 1.82) is 0 Å². The number of carbonyl (C=O) groups excluding carboxylic acids is 2. The van der Waals surface area contributed by atoms with Gasteiger partial charge in [0.05, 0.1) is 20.1 Å². The van der Waals surface area contributed by atoms with Crippen LogP contribution in [0, 0.1) is 0 Å². The Bertz CT molecular complexity index is 1210. The number of likely N-dealkylation sites (tertiary alicyclic amines) is 1. The Morgan fingerprint density at radius 2 is 1.55 bits per heavy atom. The van der Waals surface area contributed by atoms with E-state index in [-0.39, 0.29) is 17.9 Å². The first kappa shape index (κ1) is 25.8. The number of esters is 1. The molecule has 3 aromatic rings. The second-order valence-corrected chi connectivity index (χ2v) is 10.1. The van der Waals surface area contributed by atoms with Gasteiger partial charge in [0.25, 0.3) is 0 Å². The number of hydrogen-bond donors (Lipinski definition) is 0. The number of anilines is 1. The molecule has 0 bridgehead atoms. The number of fused-ring (bicyclic) bond motifs is 1. The van der Waals surface area contributed by atoms with Crippen molar-refractivity contribution >= 4 is 17.6 Å². The molecule has 1 amide bonds. The Balaban J connectivity index is 1.45. The summed E-state index contributed by atoms with van der Waals surface area (Å²) >= 11 is 0. The summed E-state index contributed by atoms with van der Waals surface area (Å²) in [6, 6.07) is 25.4. The van der Waals surface area contributed by atoms with Crippen molar-refractivity contribution in [3.63, 3.8) is 0 Å². The summed E-state index contributed by atoms with van der Waals surface area (Å²) in [5.74, 6) is -0.0243. The minimum absolute atomic E-state index is 0.0581. The lowest BCUT2D eigenvalue weighted by Crippen LogP contribution is -2.56. The number of aryl methyl sites for hydroxylation is 1. The zero-order valence-corrected chi connectivity index (χ0v) is 22.2. The molecule has 0 saturated carbocycles. The number of methoxy groups -OCH3 is 2. The van der Waals surface area contributed by atoms with E-state index in [1.165, 1.54) is 18.4 Å². The minimum Gasteiger partial charge on any atom is -0.497 e. The smallest absolute Gasteiger partial charge is 0.328 e. The number of ether oxygens (including phenoxy) is 2. The van der Waals surface area contributed by atoms with Crippen molar-refractivity contribution in [1.82, 2.24) is 4.90 Å². The van der Waals surface area contributed by atoms with Crippen molar-refractivity contribution in [3.05, 3.63) is 95.6 Å². The minimum atomic E-state index is -0.633. The molecule has 0 aromatic heterocycles. The maximum absolute atomic E-state index is 14.2. The van der Waals surface area contributed by atoms with E-state index in [2.05, 4.69) is 17.0 Å². The topological polar surface area (TPSA) is 59.1 Å². The SMILES string of the molecule is COC(=O)[C@@H]1C[C@H](N2CCCCc3cc(OC)ccc32)CCN1C(=O)C(c1ccccc1)c1ccccc1. The molecule has 38 heavy (non-hydrogen) atoms. The molecule has 0 radical (unpaired) electrons. The van der Waals surface area contributed by atoms with Crippen molar-refractivity contribution in [3.8, 4) is 5.75 Å². The van der Waals surface area contributed by atoms with Gasteiger partial charge in [0.1, 0.15) is 11.8 Å². The zero-order chi connectivity index (χ0) is 26.5. The van der Waals surface area contributed by atoms with Gasteiger partial charge in [-0.25, -0.2) is 4.79 Å². The van der Waals surface area contributed by atoms with Gasteiger partial charge in [-0.2, -0.15) is 0 Å². The van der Waals surface area contributed by atoms with Crippen LogP contribution in [0.15, 0.2) is 78.9 Å². The highest BCUT2D eigenvalue weighted by molar-refractivity contribution is 5.91. The summed E-state index contributed by atoms with van der Waals surface area (Å²) in [6.07, 6.45) is 4.55. The van der Waals surface area contributed by atoms with Crippen molar-refractivity contribution in [2.45, 2.75) is 50.1 Å². The molecular formula is C32H36N2O4. The highest BCUT2D eigenvalue weighted by Crippen LogP contribution is 2.36. The van der Waals surface area contributed by atoms with Crippen LogP contribution in [0.25, 0.3) is 0 Å². The fraction of sp³-hybridized carbons (Fsp3) is 0.375. The summed E-state index contributed by atoms with van der Waals surface area (Å²) in [7, 11) is 3.11. The first-order valence-corrected chi connectivity index (χ1v) is 13.5. The van der Waals surface area contributed by atoms with E-state index in [9.17, 15) is 9.59 Å². The van der Waals surface area contributed by atoms with Gasteiger partial charge in [-0.15, -0.1) is 0 Å². The largest absolute Gasteiger partial charge is 0.497 e. The molecule has 6 heteroatoms. The average Bonchev–Trinajstić information content (AvgIpc) is 3.19. The summed E-state index contributed by atoms with van der Waals surface area (Å²) in [5, 5.41) is 0. The Labute approximate surface area is 225 Å². The highest BCUT2D eigenvalue weighted by atomic mass is 16.5. The van der Waals surface area contributed by atoms with Gasteiger partial charge in [-0.1, -0.05) is 60.7 Å². The first-order valence-electron chi connectivity index (χ1n) is 13.5. The number of carbonyl (C=O) groups is 2. The van der Waals surface area contributed by atoms with Gasteiger partial charge in [0, 0.05) is 24.8 Å². The van der Waals surface area contributed by atoms with Gasteiger partial charge in [-0.3, -0.25) is 4.79 Å². The van der Waals surface area contributed by atoms with Crippen LogP contribution in [0.5, 0.6) is 5.75 Å². The van der Waals surface area contributed by atoms with Crippen molar-refractivity contribution in [2.24, 2.45) is 0 Å². The standard InChI is InChI=1S/C32H36N2O4/c1-37-27-16-17-28-25(21-27)15-9-10-19-33(28)26-18-20-34(29(22-26)32(36)38-2)31(35)30(23-11-5-3-6-12-23)24-13-7-4-8-14-24/h3-8,11-14,16-17,21,26,29-30H,9-10,15,18-20,22H2,1-2H3/t26-,29+/m1/s1. The molecule has 2 aliphatic heterocycles.